The lowest BCUT2D eigenvalue weighted by Gasteiger charge is -2.19. The van der Waals surface area contributed by atoms with Gasteiger partial charge in [-0.2, -0.15) is 0 Å². The molecule has 110 valence electrons. The van der Waals surface area contributed by atoms with E-state index in [0.29, 0.717) is 23.7 Å². The van der Waals surface area contributed by atoms with Gasteiger partial charge in [-0.15, -0.1) is 0 Å². The lowest BCUT2D eigenvalue weighted by molar-refractivity contribution is 0.0529. The molecule has 0 unspecified atom stereocenters. The highest BCUT2D eigenvalue weighted by Gasteiger charge is 2.15. The number of carbonyl (C=O) groups is 1. The summed E-state index contributed by atoms with van der Waals surface area (Å²) in [4.78, 5) is 11.4. The van der Waals surface area contributed by atoms with Gasteiger partial charge in [0.25, 0.3) is 0 Å². The third-order valence-electron chi connectivity index (χ3n) is 2.23. The smallest absolute Gasteiger partial charge is 0.407 e. The zero-order chi connectivity index (χ0) is 15.2. The SMILES string of the molecule is CC(C)(C)OC(=O)NCCC=Cc1cc(N)cc(Cl)c1. The molecular weight excluding hydrogens is 276 g/mol. The van der Waals surface area contributed by atoms with Crippen LogP contribution in [0.5, 0.6) is 0 Å². The van der Waals surface area contributed by atoms with Gasteiger partial charge in [0.15, 0.2) is 0 Å². The van der Waals surface area contributed by atoms with Gasteiger partial charge in [-0.3, -0.25) is 0 Å². The fourth-order valence-electron chi connectivity index (χ4n) is 1.52. The lowest BCUT2D eigenvalue weighted by atomic mass is 10.2. The van der Waals surface area contributed by atoms with Gasteiger partial charge < -0.3 is 15.8 Å². The van der Waals surface area contributed by atoms with Gasteiger partial charge in [0.2, 0.25) is 0 Å². The quantitative estimate of drug-likeness (QED) is 0.655. The first-order valence-electron chi connectivity index (χ1n) is 6.46. The van der Waals surface area contributed by atoms with E-state index in [2.05, 4.69) is 5.32 Å². The average molecular weight is 297 g/mol. The summed E-state index contributed by atoms with van der Waals surface area (Å²) >= 11 is 5.91. The Bertz CT molecular complexity index is 473. The van der Waals surface area contributed by atoms with Gasteiger partial charge in [0, 0.05) is 17.3 Å². The molecule has 1 amide bonds. The number of hydrogen-bond donors (Lipinski definition) is 2. The van der Waals surface area contributed by atoms with E-state index in [-0.39, 0.29) is 0 Å². The molecule has 1 aromatic carbocycles. The maximum absolute atomic E-state index is 11.4. The van der Waals surface area contributed by atoms with Crippen molar-refractivity contribution in [3.05, 3.63) is 34.9 Å². The fourth-order valence-corrected chi connectivity index (χ4v) is 1.78. The molecule has 0 fully saturated rings. The third-order valence-corrected chi connectivity index (χ3v) is 2.45. The van der Waals surface area contributed by atoms with Gasteiger partial charge >= 0.3 is 6.09 Å². The Hall–Kier alpha value is -1.68. The van der Waals surface area contributed by atoms with Crippen molar-refractivity contribution in [3.8, 4) is 0 Å². The predicted molar refractivity (Wildman–Crippen MR) is 83.8 cm³/mol. The second-order valence-corrected chi connectivity index (χ2v) is 5.87. The number of ether oxygens (including phenoxy) is 1. The zero-order valence-electron chi connectivity index (χ0n) is 12.1. The van der Waals surface area contributed by atoms with Crippen molar-refractivity contribution >= 4 is 29.5 Å². The minimum absolute atomic E-state index is 0.405. The average Bonchev–Trinajstić information content (AvgIpc) is 2.24. The van der Waals surface area contributed by atoms with Crippen LogP contribution in [-0.4, -0.2) is 18.2 Å². The van der Waals surface area contributed by atoms with Crippen LogP contribution in [0, 0.1) is 0 Å². The molecular formula is C15H21ClN2O2. The van der Waals surface area contributed by atoms with E-state index >= 15 is 0 Å². The van der Waals surface area contributed by atoms with Crippen molar-refractivity contribution in [3.63, 3.8) is 0 Å². The van der Waals surface area contributed by atoms with Crippen LogP contribution >= 0.6 is 11.6 Å². The summed E-state index contributed by atoms with van der Waals surface area (Å²) in [7, 11) is 0. The zero-order valence-corrected chi connectivity index (χ0v) is 12.8. The Balaban J connectivity index is 2.34. The van der Waals surface area contributed by atoms with E-state index in [4.69, 9.17) is 22.1 Å². The Morgan fingerprint density at radius 1 is 1.40 bits per heavy atom. The summed E-state index contributed by atoms with van der Waals surface area (Å²) in [5.74, 6) is 0. The van der Waals surface area contributed by atoms with E-state index in [1.165, 1.54) is 0 Å². The van der Waals surface area contributed by atoms with Gasteiger partial charge in [0.05, 0.1) is 0 Å². The van der Waals surface area contributed by atoms with E-state index in [9.17, 15) is 4.79 Å². The number of alkyl carbamates (subject to hydrolysis) is 1. The number of benzene rings is 1. The Kier molecular flexibility index (Phi) is 5.89. The van der Waals surface area contributed by atoms with Crippen LogP contribution in [0.25, 0.3) is 6.08 Å². The van der Waals surface area contributed by atoms with Crippen LogP contribution in [0.1, 0.15) is 32.8 Å². The molecule has 0 bridgehead atoms. The minimum Gasteiger partial charge on any atom is -0.444 e. The van der Waals surface area contributed by atoms with Crippen LogP contribution in [-0.2, 0) is 4.74 Å². The molecule has 0 saturated heterocycles. The number of halogens is 1. The van der Waals surface area contributed by atoms with Crippen LogP contribution < -0.4 is 11.1 Å². The van der Waals surface area contributed by atoms with Crippen molar-refractivity contribution in [1.29, 1.82) is 0 Å². The van der Waals surface area contributed by atoms with E-state index < -0.39 is 11.7 Å². The summed E-state index contributed by atoms with van der Waals surface area (Å²) in [6.07, 6.45) is 4.16. The van der Waals surface area contributed by atoms with Gasteiger partial charge in [-0.25, -0.2) is 4.79 Å². The number of nitrogens with one attached hydrogen (secondary N) is 1. The van der Waals surface area contributed by atoms with Crippen LogP contribution in [0.3, 0.4) is 0 Å². The van der Waals surface area contributed by atoms with E-state index in [1.807, 2.05) is 45.1 Å². The molecule has 20 heavy (non-hydrogen) atoms. The molecule has 0 aliphatic heterocycles. The highest BCUT2D eigenvalue weighted by Crippen LogP contribution is 2.17. The monoisotopic (exact) mass is 296 g/mol. The molecule has 0 aliphatic rings. The maximum atomic E-state index is 11.4. The molecule has 0 saturated carbocycles. The Morgan fingerprint density at radius 3 is 2.70 bits per heavy atom. The molecule has 3 N–H and O–H groups in total. The maximum Gasteiger partial charge on any atom is 0.407 e. The second-order valence-electron chi connectivity index (χ2n) is 5.44. The summed E-state index contributed by atoms with van der Waals surface area (Å²) in [5, 5.41) is 3.29. The molecule has 0 spiro atoms. The highest BCUT2D eigenvalue weighted by atomic mass is 35.5. The summed E-state index contributed by atoms with van der Waals surface area (Å²) in [6.45, 7) is 6.00. The molecule has 4 nitrogen and oxygen atoms in total. The van der Waals surface area contributed by atoms with E-state index in [1.54, 1.807) is 6.07 Å². The molecule has 1 aromatic rings. The van der Waals surface area contributed by atoms with Crippen molar-refractivity contribution in [2.45, 2.75) is 32.8 Å². The molecule has 0 aromatic heterocycles. The topological polar surface area (TPSA) is 64.3 Å². The van der Waals surface area contributed by atoms with Gasteiger partial charge in [0.1, 0.15) is 5.60 Å². The first-order chi connectivity index (χ1) is 9.26. The third kappa shape index (κ3) is 7.04. The van der Waals surface area contributed by atoms with Crippen molar-refractivity contribution < 1.29 is 9.53 Å². The van der Waals surface area contributed by atoms with Crippen LogP contribution in [0.4, 0.5) is 10.5 Å². The summed E-state index contributed by atoms with van der Waals surface area (Å²) in [5.41, 5.74) is 6.79. The molecule has 0 heterocycles. The second kappa shape index (κ2) is 7.20. The van der Waals surface area contributed by atoms with Gasteiger partial charge in [-0.1, -0.05) is 23.8 Å². The highest BCUT2D eigenvalue weighted by molar-refractivity contribution is 6.31. The summed E-state index contributed by atoms with van der Waals surface area (Å²) in [6, 6.07) is 5.36. The number of amides is 1. The first-order valence-corrected chi connectivity index (χ1v) is 6.83. The lowest BCUT2D eigenvalue weighted by Crippen LogP contribution is -2.32. The largest absolute Gasteiger partial charge is 0.444 e. The standard InChI is InChI=1S/C15H21ClN2O2/c1-15(2,3)20-14(19)18-7-5-4-6-11-8-12(16)10-13(17)9-11/h4,6,8-10H,5,7,17H2,1-3H3,(H,18,19). The first kappa shape index (κ1) is 16.4. The normalized spacial score (nSPS) is 11.6. The summed E-state index contributed by atoms with van der Waals surface area (Å²) < 4.78 is 5.13. The van der Waals surface area contributed by atoms with Crippen molar-refractivity contribution in [2.75, 3.05) is 12.3 Å². The molecule has 0 atom stereocenters. The molecule has 0 radical (unpaired) electrons. The number of hydrogen-bond acceptors (Lipinski definition) is 3. The predicted octanol–water partition coefficient (Wildman–Crippen LogP) is 3.85. The Labute approximate surface area is 124 Å². The Morgan fingerprint density at radius 2 is 2.10 bits per heavy atom. The van der Waals surface area contributed by atoms with Gasteiger partial charge in [-0.05, 0) is 51.0 Å². The van der Waals surface area contributed by atoms with Crippen LogP contribution in [0.15, 0.2) is 24.3 Å². The number of rotatable bonds is 4. The van der Waals surface area contributed by atoms with Crippen molar-refractivity contribution in [2.24, 2.45) is 0 Å². The molecule has 1 rings (SSSR count). The molecule has 0 aliphatic carbocycles. The van der Waals surface area contributed by atoms with Crippen molar-refractivity contribution in [1.82, 2.24) is 5.32 Å². The van der Waals surface area contributed by atoms with Crippen LogP contribution in [0.2, 0.25) is 5.02 Å². The number of nitrogen functional groups attached to an aromatic ring is 1. The molecule has 5 heteroatoms. The number of nitrogens with two attached hydrogens (primary N) is 1. The van der Waals surface area contributed by atoms with E-state index in [0.717, 1.165) is 5.56 Å². The number of carbonyl (C=O) groups excluding carboxylic acids is 1. The fraction of sp³-hybridized carbons (Fsp3) is 0.400. The minimum atomic E-state index is -0.474. The number of anilines is 1.